The highest BCUT2D eigenvalue weighted by atomic mass is 16.5. The third-order valence-corrected chi connectivity index (χ3v) is 3.98. The molecule has 19 heavy (non-hydrogen) atoms. The lowest BCUT2D eigenvalue weighted by atomic mass is 9.82. The highest BCUT2D eigenvalue weighted by Gasteiger charge is 2.28. The first kappa shape index (κ1) is 13.9. The second-order valence-electron chi connectivity index (χ2n) is 5.25. The summed E-state index contributed by atoms with van der Waals surface area (Å²) in [6.45, 7) is 2.61. The largest absolute Gasteiger partial charge is 0.494 e. The summed E-state index contributed by atoms with van der Waals surface area (Å²) in [6.07, 6.45) is 5.02. The molecule has 3 heteroatoms. The van der Waals surface area contributed by atoms with Crippen molar-refractivity contribution in [1.29, 1.82) is 0 Å². The molecule has 1 unspecified atom stereocenters. The first-order valence-electron chi connectivity index (χ1n) is 7.15. The van der Waals surface area contributed by atoms with E-state index in [1.807, 2.05) is 31.2 Å². The molecule has 1 fully saturated rings. The van der Waals surface area contributed by atoms with Crippen LogP contribution in [-0.2, 0) is 4.79 Å². The summed E-state index contributed by atoms with van der Waals surface area (Å²) in [6, 6.07) is 7.94. The number of benzene rings is 1. The highest BCUT2D eigenvalue weighted by Crippen LogP contribution is 2.39. The smallest absolute Gasteiger partial charge is 0.303 e. The van der Waals surface area contributed by atoms with Crippen LogP contribution in [0.25, 0.3) is 0 Å². The first-order chi connectivity index (χ1) is 9.20. The van der Waals surface area contributed by atoms with Gasteiger partial charge in [-0.2, -0.15) is 0 Å². The van der Waals surface area contributed by atoms with Gasteiger partial charge in [-0.1, -0.05) is 25.0 Å². The number of aliphatic carboxylic acids is 1. The molecule has 1 aliphatic carbocycles. The van der Waals surface area contributed by atoms with Crippen molar-refractivity contribution in [3.05, 3.63) is 29.8 Å². The van der Waals surface area contributed by atoms with Gasteiger partial charge in [0.15, 0.2) is 0 Å². The molecule has 2 rings (SSSR count). The van der Waals surface area contributed by atoms with Crippen molar-refractivity contribution in [3.8, 4) is 5.75 Å². The molecule has 0 heterocycles. The maximum Gasteiger partial charge on any atom is 0.303 e. The van der Waals surface area contributed by atoms with E-state index in [0.717, 1.165) is 24.2 Å². The van der Waals surface area contributed by atoms with Gasteiger partial charge in [-0.15, -0.1) is 0 Å². The number of carboxylic acids is 1. The summed E-state index contributed by atoms with van der Waals surface area (Å²) < 4.78 is 5.43. The normalized spacial score (nSPS) is 17.3. The van der Waals surface area contributed by atoms with Gasteiger partial charge in [-0.05, 0) is 49.3 Å². The maximum absolute atomic E-state index is 11.1. The van der Waals surface area contributed by atoms with Crippen LogP contribution in [0, 0.1) is 5.92 Å². The van der Waals surface area contributed by atoms with Crippen LogP contribution in [0.2, 0.25) is 0 Å². The molecule has 0 saturated heterocycles. The zero-order valence-electron chi connectivity index (χ0n) is 11.5. The number of hydrogen-bond donors (Lipinski definition) is 1. The number of carbonyl (C=O) groups is 1. The van der Waals surface area contributed by atoms with E-state index in [9.17, 15) is 4.79 Å². The topological polar surface area (TPSA) is 46.5 Å². The fraction of sp³-hybridized carbons (Fsp3) is 0.562. The molecule has 104 valence electrons. The monoisotopic (exact) mass is 262 g/mol. The van der Waals surface area contributed by atoms with Crippen LogP contribution in [0.15, 0.2) is 24.3 Å². The zero-order chi connectivity index (χ0) is 13.7. The fourth-order valence-electron chi connectivity index (χ4n) is 3.08. The van der Waals surface area contributed by atoms with Crippen LogP contribution in [0.5, 0.6) is 5.75 Å². The van der Waals surface area contributed by atoms with Crippen molar-refractivity contribution < 1.29 is 14.6 Å². The fourth-order valence-corrected chi connectivity index (χ4v) is 3.08. The van der Waals surface area contributed by atoms with Gasteiger partial charge in [0.05, 0.1) is 13.0 Å². The van der Waals surface area contributed by atoms with Crippen LogP contribution in [0.4, 0.5) is 0 Å². The Hall–Kier alpha value is -1.51. The van der Waals surface area contributed by atoms with Crippen molar-refractivity contribution in [2.45, 2.75) is 44.9 Å². The summed E-state index contributed by atoms with van der Waals surface area (Å²) in [4.78, 5) is 11.1. The van der Waals surface area contributed by atoms with Crippen molar-refractivity contribution in [3.63, 3.8) is 0 Å². The first-order valence-corrected chi connectivity index (χ1v) is 7.15. The molecular weight excluding hydrogens is 240 g/mol. The van der Waals surface area contributed by atoms with Crippen LogP contribution in [-0.4, -0.2) is 17.7 Å². The lowest BCUT2D eigenvalue weighted by Gasteiger charge is -2.22. The molecule has 1 aromatic rings. The van der Waals surface area contributed by atoms with E-state index in [4.69, 9.17) is 9.84 Å². The summed E-state index contributed by atoms with van der Waals surface area (Å²) >= 11 is 0. The van der Waals surface area contributed by atoms with Gasteiger partial charge in [-0.25, -0.2) is 0 Å². The van der Waals surface area contributed by atoms with Crippen LogP contribution in [0.1, 0.15) is 50.5 Å². The number of hydrogen-bond acceptors (Lipinski definition) is 2. The molecular formula is C16H22O3. The summed E-state index contributed by atoms with van der Waals surface area (Å²) in [5.74, 6) is 0.822. The summed E-state index contributed by atoms with van der Waals surface area (Å²) in [5, 5.41) is 9.12. The average Bonchev–Trinajstić information content (AvgIpc) is 2.91. The molecule has 0 bridgehead atoms. The Balaban J connectivity index is 2.14. The van der Waals surface area contributed by atoms with Crippen LogP contribution >= 0.6 is 0 Å². The van der Waals surface area contributed by atoms with Crippen molar-refractivity contribution in [1.82, 2.24) is 0 Å². The molecule has 0 aliphatic heterocycles. The second kappa shape index (κ2) is 6.60. The van der Waals surface area contributed by atoms with E-state index in [1.165, 1.54) is 12.8 Å². The van der Waals surface area contributed by atoms with E-state index in [2.05, 4.69) is 0 Å². The minimum atomic E-state index is -0.703. The van der Waals surface area contributed by atoms with E-state index < -0.39 is 5.97 Å². The predicted octanol–water partition coefficient (Wildman–Crippen LogP) is 3.83. The van der Waals surface area contributed by atoms with Gasteiger partial charge >= 0.3 is 5.97 Å². The maximum atomic E-state index is 11.1. The molecule has 0 aromatic heterocycles. The van der Waals surface area contributed by atoms with Crippen molar-refractivity contribution in [2.75, 3.05) is 6.61 Å². The van der Waals surface area contributed by atoms with Crippen LogP contribution < -0.4 is 4.74 Å². The number of rotatable bonds is 6. The molecule has 1 saturated carbocycles. The summed E-state index contributed by atoms with van der Waals surface area (Å²) in [7, 11) is 0. The quantitative estimate of drug-likeness (QED) is 0.847. The zero-order valence-corrected chi connectivity index (χ0v) is 11.5. The SMILES string of the molecule is CCOc1ccc(C(CC(=O)O)C2CCCC2)cc1. The third-order valence-electron chi connectivity index (χ3n) is 3.98. The minimum absolute atomic E-state index is 0.149. The molecule has 0 radical (unpaired) electrons. The Morgan fingerprint density at radius 1 is 1.32 bits per heavy atom. The lowest BCUT2D eigenvalue weighted by molar-refractivity contribution is -0.137. The molecule has 1 aromatic carbocycles. The van der Waals surface area contributed by atoms with Gasteiger partial charge < -0.3 is 9.84 Å². The molecule has 1 N–H and O–H groups in total. The van der Waals surface area contributed by atoms with Gasteiger partial charge in [0.1, 0.15) is 5.75 Å². The molecule has 1 atom stereocenters. The molecule has 3 nitrogen and oxygen atoms in total. The van der Waals surface area contributed by atoms with E-state index in [1.54, 1.807) is 0 Å². The second-order valence-corrected chi connectivity index (χ2v) is 5.25. The minimum Gasteiger partial charge on any atom is -0.494 e. The van der Waals surface area contributed by atoms with E-state index >= 15 is 0 Å². The van der Waals surface area contributed by atoms with E-state index in [-0.39, 0.29) is 12.3 Å². The Morgan fingerprint density at radius 3 is 2.47 bits per heavy atom. The van der Waals surface area contributed by atoms with Crippen LogP contribution in [0.3, 0.4) is 0 Å². The molecule has 1 aliphatic rings. The Bertz CT molecular complexity index is 405. The van der Waals surface area contributed by atoms with Crippen molar-refractivity contribution >= 4 is 5.97 Å². The highest BCUT2D eigenvalue weighted by molar-refractivity contribution is 5.68. The van der Waals surface area contributed by atoms with Gasteiger partial charge in [0.25, 0.3) is 0 Å². The lowest BCUT2D eigenvalue weighted by Crippen LogP contribution is -2.14. The third kappa shape index (κ3) is 3.72. The summed E-state index contributed by atoms with van der Waals surface area (Å²) in [5.41, 5.74) is 1.14. The predicted molar refractivity (Wildman–Crippen MR) is 74.6 cm³/mol. The Kier molecular flexibility index (Phi) is 4.83. The average molecular weight is 262 g/mol. The number of ether oxygens (including phenoxy) is 1. The standard InChI is InChI=1S/C16H22O3/c1-2-19-14-9-7-13(8-10-14)15(11-16(17)18)12-5-3-4-6-12/h7-10,12,15H,2-6,11H2,1H3,(H,17,18). The van der Waals surface area contributed by atoms with Gasteiger partial charge in [-0.3, -0.25) is 4.79 Å². The Labute approximate surface area is 114 Å². The van der Waals surface area contributed by atoms with Crippen molar-refractivity contribution in [2.24, 2.45) is 5.92 Å². The number of carboxylic acid groups (broad SMARTS) is 1. The van der Waals surface area contributed by atoms with E-state index in [0.29, 0.717) is 12.5 Å². The Morgan fingerprint density at radius 2 is 1.95 bits per heavy atom. The molecule has 0 spiro atoms. The van der Waals surface area contributed by atoms with Gasteiger partial charge in [0.2, 0.25) is 0 Å². The molecule has 0 amide bonds. The van der Waals surface area contributed by atoms with Gasteiger partial charge in [0, 0.05) is 0 Å².